The maximum Gasteiger partial charge on any atom is 0.238 e. The molecule has 1 heterocycles. The highest BCUT2D eigenvalue weighted by Crippen LogP contribution is 2.35. The number of hydrogen-bond acceptors (Lipinski definition) is 5. The average Bonchev–Trinajstić information content (AvgIpc) is 2.83. The Hall–Kier alpha value is -4.06. The predicted molar refractivity (Wildman–Crippen MR) is 122 cm³/mol. The van der Waals surface area contributed by atoms with Crippen molar-refractivity contribution in [1.82, 2.24) is 4.98 Å². The van der Waals surface area contributed by atoms with Crippen LogP contribution in [0, 0.1) is 17.1 Å². The van der Waals surface area contributed by atoms with Crippen LogP contribution in [0.1, 0.15) is 11.1 Å². The third-order valence-corrected chi connectivity index (χ3v) is 5.87. The van der Waals surface area contributed by atoms with Crippen LogP contribution in [0.3, 0.4) is 0 Å². The van der Waals surface area contributed by atoms with Crippen LogP contribution >= 0.6 is 0 Å². The zero-order chi connectivity index (χ0) is 23.4. The molecule has 0 saturated heterocycles. The number of nitrogens with two attached hydrogens (primary N) is 1. The summed E-state index contributed by atoms with van der Waals surface area (Å²) in [6, 6.07) is 24.9. The van der Waals surface area contributed by atoms with Crippen molar-refractivity contribution in [1.29, 1.82) is 5.26 Å². The summed E-state index contributed by atoms with van der Waals surface area (Å²) in [6.07, 6.45) is 0. The molecule has 0 aliphatic heterocycles. The predicted octanol–water partition coefficient (Wildman–Crippen LogP) is 4.65. The second-order valence-corrected chi connectivity index (χ2v) is 8.76. The highest BCUT2D eigenvalue weighted by molar-refractivity contribution is 7.89. The van der Waals surface area contributed by atoms with E-state index in [1.807, 2.05) is 30.3 Å². The Morgan fingerprint density at radius 3 is 2.18 bits per heavy atom. The number of primary sulfonamides is 1. The lowest BCUT2D eigenvalue weighted by Crippen LogP contribution is -2.11. The zero-order valence-electron chi connectivity index (χ0n) is 17.3. The lowest BCUT2D eigenvalue weighted by molar-refractivity contribution is 0.293. The van der Waals surface area contributed by atoms with Crippen molar-refractivity contribution in [3.63, 3.8) is 0 Å². The van der Waals surface area contributed by atoms with Crippen LogP contribution in [0.25, 0.3) is 22.4 Å². The molecule has 2 N–H and O–H groups in total. The maximum atomic E-state index is 13.5. The Bertz CT molecular complexity index is 1430. The first-order chi connectivity index (χ1) is 15.8. The van der Waals surface area contributed by atoms with Crippen molar-refractivity contribution < 1.29 is 17.5 Å². The van der Waals surface area contributed by atoms with E-state index in [-0.39, 0.29) is 22.9 Å². The summed E-state index contributed by atoms with van der Waals surface area (Å²) in [5.74, 6) is -0.252. The van der Waals surface area contributed by atoms with Crippen LogP contribution in [0.5, 0.6) is 5.88 Å². The second kappa shape index (κ2) is 9.20. The largest absolute Gasteiger partial charge is 0.472 e. The number of hydrogen-bond donors (Lipinski definition) is 1. The highest BCUT2D eigenvalue weighted by atomic mass is 32.2. The molecule has 1 aromatic heterocycles. The molecular weight excluding hydrogens is 441 g/mol. The smallest absolute Gasteiger partial charge is 0.238 e. The standard InChI is InChI=1S/C25H18FN3O3S/c26-21-10-6-19(7-11-21)24-23(18-8-12-22(13-9-18)33(28,30)31)14-20(15-27)25(29-24)32-16-17-4-2-1-3-5-17/h1-14H,16H2,(H2,28,30,31). The van der Waals surface area contributed by atoms with E-state index in [1.165, 1.54) is 24.3 Å². The van der Waals surface area contributed by atoms with Gasteiger partial charge in [0.25, 0.3) is 0 Å². The van der Waals surface area contributed by atoms with Crippen molar-refractivity contribution in [3.8, 4) is 34.3 Å². The quantitative estimate of drug-likeness (QED) is 0.452. The van der Waals surface area contributed by atoms with Crippen molar-refractivity contribution >= 4 is 10.0 Å². The highest BCUT2D eigenvalue weighted by Gasteiger charge is 2.17. The number of sulfonamides is 1. The molecule has 0 saturated carbocycles. The van der Waals surface area contributed by atoms with Gasteiger partial charge in [-0.1, -0.05) is 42.5 Å². The number of halogens is 1. The van der Waals surface area contributed by atoms with Gasteiger partial charge in [0, 0.05) is 11.1 Å². The first kappa shape index (κ1) is 22.1. The van der Waals surface area contributed by atoms with E-state index in [1.54, 1.807) is 30.3 Å². The molecule has 0 spiro atoms. The van der Waals surface area contributed by atoms with Crippen LogP contribution < -0.4 is 9.88 Å². The third-order valence-electron chi connectivity index (χ3n) is 4.94. The fourth-order valence-corrected chi connectivity index (χ4v) is 3.80. The van der Waals surface area contributed by atoms with Crippen LogP contribution in [-0.2, 0) is 16.6 Å². The summed E-state index contributed by atoms with van der Waals surface area (Å²) < 4.78 is 42.6. The Balaban J connectivity index is 1.82. The number of ether oxygens (including phenoxy) is 1. The maximum absolute atomic E-state index is 13.5. The van der Waals surface area contributed by atoms with Crippen LogP contribution in [0.4, 0.5) is 4.39 Å². The van der Waals surface area contributed by atoms with Gasteiger partial charge >= 0.3 is 0 Å². The van der Waals surface area contributed by atoms with Gasteiger partial charge in [-0.3, -0.25) is 0 Å². The van der Waals surface area contributed by atoms with Gasteiger partial charge in [0.05, 0.1) is 10.6 Å². The van der Waals surface area contributed by atoms with Crippen molar-refractivity contribution in [2.24, 2.45) is 5.14 Å². The van der Waals surface area contributed by atoms with E-state index in [2.05, 4.69) is 11.1 Å². The second-order valence-electron chi connectivity index (χ2n) is 7.20. The Morgan fingerprint density at radius 2 is 1.58 bits per heavy atom. The van der Waals surface area contributed by atoms with E-state index in [0.29, 0.717) is 22.4 Å². The molecule has 0 aliphatic rings. The molecule has 0 radical (unpaired) electrons. The fraction of sp³-hybridized carbons (Fsp3) is 0.0400. The topological polar surface area (TPSA) is 106 Å². The van der Waals surface area contributed by atoms with Crippen molar-refractivity contribution in [2.45, 2.75) is 11.5 Å². The van der Waals surface area contributed by atoms with E-state index >= 15 is 0 Å². The van der Waals surface area contributed by atoms with E-state index < -0.39 is 15.8 Å². The molecule has 4 rings (SSSR count). The minimum Gasteiger partial charge on any atom is -0.472 e. The molecule has 0 fully saturated rings. The summed E-state index contributed by atoms with van der Waals surface area (Å²) in [5.41, 5.74) is 3.36. The molecular formula is C25H18FN3O3S. The fourth-order valence-electron chi connectivity index (χ4n) is 3.28. The van der Waals surface area contributed by atoms with Crippen LogP contribution in [0.15, 0.2) is 89.8 Å². The normalized spacial score (nSPS) is 11.1. The molecule has 0 aliphatic carbocycles. The number of nitriles is 1. The molecule has 164 valence electrons. The number of nitrogens with zero attached hydrogens (tertiary/aromatic N) is 2. The summed E-state index contributed by atoms with van der Waals surface area (Å²) >= 11 is 0. The van der Waals surface area contributed by atoms with Gasteiger partial charge in [0.1, 0.15) is 24.1 Å². The molecule has 0 atom stereocenters. The Kier molecular flexibility index (Phi) is 6.18. The molecule has 0 bridgehead atoms. The first-order valence-corrected chi connectivity index (χ1v) is 11.4. The summed E-state index contributed by atoms with van der Waals surface area (Å²) in [6.45, 7) is 0.216. The molecule has 4 aromatic rings. The summed E-state index contributed by atoms with van der Waals surface area (Å²) in [5, 5.41) is 14.9. The number of rotatable bonds is 6. The number of pyridine rings is 1. The average molecular weight is 460 g/mol. The molecule has 33 heavy (non-hydrogen) atoms. The summed E-state index contributed by atoms with van der Waals surface area (Å²) in [4.78, 5) is 4.56. The van der Waals surface area contributed by atoms with E-state index in [0.717, 1.165) is 5.56 Å². The first-order valence-electron chi connectivity index (χ1n) is 9.86. The number of benzene rings is 3. The van der Waals surface area contributed by atoms with Gasteiger partial charge in [0.2, 0.25) is 15.9 Å². The monoisotopic (exact) mass is 459 g/mol. The SMILES string of the molecule is N#Cc1cc(-c2ccc(S(N)(=O)=O)cc2)c(-c2ccc(F)cc2)nc1OCc1ccccc1. The van der Waals surface area contributed by atoms with Gasteiger partial charge in [-0.25, -0.2) is 22.9 Å². The lowest BCUT2D eigenvalue weighted by atomic mass is 9.98. The molecule has 0 amide bonds. The van der Waals surface area contributed by atoms with Crippen LogP contribution in [0.2, 0.25) is 0 Å². The van der Waals surface area contributed by atoms with Crippen LogP contribution in [-0.4, -0.2) is 13.4 Å². The summed E-state index contributed by atoms with van der Waals surface area (Å²) in [7, 11) is -3.85. The third kappa shape index (κ3) is 5.06. The van der Waals surface area contributed by atoms with E-state index in [9.17, 15) is 18.1 Å². The minimum atomic E-state index is -3.85. The van der Waals surface area contributed by atoms with Gasteiger partial charge in [-0.2, -0.15) is 5.26 Å². The molecule has 8 heteroatoms. The minimum absolute atomic E-state index is 0.0362. The van der Waals surface area contributed by atoms with Crippen molar-refractivity contribution in [3.05, 3.63) is 102 Å². The van der Waals surface area contributed by atoms with Gasteiger partial charge in [-0.05, 0) is 53.6 Å². The number of aromatic nitrogens is 1. The molecule has 3 aromatic carbocycles. The molecule has 0 unspecified atom stereocenters. The Labute approximate surface area is 190 Å². The van der Waals surface area contributed by atoms with Crippen molar-refractivity contribution in [2.75, 3.05) is 0 Å². The Morgan fingerprint density at radius 1 is 0.939 bits per heavy atom. The van der Waals surface area contributed by atoms with E-state index in [4.69, 9.17) is 9.88 Å². The zero-order valence-corrected chi connectivity index (χ0v) is 18.1. The molecule has 6 nitrogen and oxygen atoms in total. The van der Waals surface area contributed by atoms with Gasteiger partial charge < -0.3 is 4.74 Å². The van der Waals surface area contributed by atoms with Gasteiger partial charge in [0.15, 0.2) is 0 Å². The lowest BCUT2D eigenvalue weighted by Gasteiger charge is -2.14. The van der Waals surface area contributed by atoms with Gasteiger partial charge in [-0.15, -0.1) is 0 Å².